The Morgan fingerprint density at radius 3 is 2.59 bits per heavy atom. The normalized spacial score (nSPS) is 10.7. The highest BCUT2D eigenvalue weighted by Crippen LogP contribution is 2.33. The van der Waals surface area contributed by atoms with Gasteiger partial charge in [-0.25, -0.2) is 9.37 Å². The average Bonchev–Trinajstić information content (AvgIpc) is 3.24. The number of methoxy groups -OCH3 is 1. The van der Waals surface area contributed by atoms with Gasteiger partial charge in [0, 0.05) is 22.5 Å². The Kier molecular flexibility index (Phi) is 6.78. The molecule has 1 heterocycles. The number of thioether (sulfide) groups is 1. The van der Waals surface area contributed by atoms with E-state index in [-0.39, 0.29) is 17.5 Å². The molecule has 0 spiro atoms. The van der Waals surface area contributed by atoms with Gasteiger partial charge in [0.1, 0.15) is 11.6 Å². The van der Waals surface area contributed by atoms with Gasteiger partial charge in [0.25, 0.3) is 0 Å². The van der Waals surface area contributed by atoms with E-state index in [1.54, 1.807) is 25.3 Å². The number of rotatable bonds is 7. The maximum absolute atomic E-state index is 13.1. The summed E-state index contributed by atoms with van der Waals surface area (Å²) in [6.07, 6.45) is 1.89. The first-order valence-corrected chi connectivity index (χ1v) is 11.1. The van der Waals surface area contributed by atoms with Crippen LogP contribution in [-0.4, -0.2) is 28.3 Å². The summed E-state index contributed by atoms with van der Waals surface area (Å²) < 4.78 is 20.5. The number of nitrogens with zero attached hydrogens (tertiary/aromatic N) is 2. The number of hydrogen-bond donors (Lipinski definition) is 1. The minimum absolute atomic E-state index is 0.117. The van der Waals surface area contributed by atoms with Crippen molar-refractivity contribution in [2.75, 3.05) is 18.2 Å². The summed E-state index contributed by atoms with van der Waals surface area (Å²) in [5, 5.41) is 3.93. The summed E-state index contributed by atoms with van der Waals surface area (Å²) in [6, 6.07) is 20.7. The second-order valence-electron chi connectivity index (χ2n) is 6.80. The van der Waals surface area contributed by atoms with Crippen LogP contribution >= 0.6 is 23.4 Å². The number of carbonyl (C=O) groups excluding carboxylic acids is 1. The molecule has 0 bridgehead atoms. The van der Waals surface area contributed by atoms with E-state index in [2.05, 4.69) is 5.32 Å². The lowest BCUT2D eigenvalue weighted by molar-refractivity contribution is -0.113. The topological polar surface area (TPSA) is 56.2 Å². The standard InChI is InChI=1S/C24H19ClFN3O2S/c1-31-22-12-7-17(25)13-21(22)29-14-20(16-5-3-2-4-6-16)28-24(29)32-15-23(30)27-19-10-8-18(26)9-11-19/h2-14H,15H2,1H3,(H,27,30). The number of ether oxygens (including phenoxy) is 1. The van der Waals surface area contributed by atoms with Crippen molar-refractivity contribution >= 4 is 35.0 Å². The largest absolute Gasteiger partial charge is 0.495 e. The number of aromatic nitrogens is 2. The molecule has 0 aliphatic rings. The SMILES string of the molecule is COc1ccc(Cl)cc1-n1cc(-c2ccccc2)nc1SCC(=O)Nc1ccc(F)cc1. The second-order valence-corrected chi connectivity index (χ2v) is 8.18. The van der Waals surface area contributed by atoms with Crippen LogP contribution < -0.4 is 10.1 Å². The van der Waals surface area contributed by atoms with Crippen LogP contribution in [0.15, 0.2) is 84.1 Å². The summed E-state index contributed by atoms with van der Waals surface area (Å²) in [6.45, 7) is 0. The fourth-order valence-electron chi connectivity index (χ4n) is 3.10. The number of benzene rings is 3. The molecular formula is C24H19ClFN3O2S. The Balaban J connectivity index is 1.63. The lowest BCUT2D eigenvalue weighted by Gasteiger charge is -2.12. The highest BCUT2D eigenvalue weighted by atomic mass is 35.5. The van der Waals surface area contributed by atoms with Crippen LogP contribution in [-0.2, 0) is 4.79 Å². The first kappa shape index (κ1) is 21.9. The van der Waals surface area contributed by atoms with E-state index in [0.717, 1.165) is 16.9 Å². The van der Waals surface area contributed by atoms with Crippen molar-refractivity contribution in [2.45, 2.75) is 5.16 Å². The van der Waals surface area contributed by atoms with Gasteiger partial charge >= 0.3 is 0 Å². The maximum Gasteiger partial charge on any atom is 0.234 e. The molecule has 3 aromatic carbocycles. The van der Waals surface area contributed by atoms with Crippen LogP contribution in [0.25, 0.3) is 16.9 Å². The van der Waals surface area contributed by atoms with E-state index < -0.39 is 0 Å². The predicted molar refractivity (Wildman–Crippen MR) is 126 cm³/mol. The summed E-state index contributed by atoms with van der Waals surface area (Å²) in [4.78, 5) is 17.2. The van der Waals surface area contributed by atoms with Crippen molar-refractivity contribution < 1.29 is 13.9 Å². The Bertz CT molecular complexity index is 1230. The van der Waals surface area contributed by atoms with Crippen LogP contribution in [0.5, 0.6) is 5.75 Å². The smallest absolute Gasteiger partial charge is 0.234 e. The van der Waals surface area contributed by atoms with Crippen molar-refractivity contribution in [1.29, 1.82) is 0 Å². The molecule has 0 aliphatic carbocycles. The van der Waals surface area contributed by atoms with Gasteiger partial charge in [-0.05, 0) is 42.5 Å². The van der Waals surface area contributed by atoms with Gasteiger partial charge in [0.15, 0.2) is 5.16 Å². The zero-order valence-electron chi connectivity index (χ0n) is 17.1. The molecule has 32 heavy (non-hydrogen) atoms. The van der Waals surface area contributed by atoms with Crippen LogP contribution in [0.2, 0.25) is 5.02 Å². The number of imidazole rings is 1. The molecule has 0 radical (unpaired) electrons. The lowest BCUT2D eigenvalue weighted by Crippen LogP contribution is -2.14. The number of anilines is 1. The molecule has 1 N–H and O–H groups in total. The van der Waals surface area contributed by atoms with Gasteiger partial charge in [-0.2, -0.15) is 0 Å². The summed E-state index contributed by atoms with van der Waals surface area (Å²) in [5.74, 6) is 0.161. The van der Waals surface area contributed by atoms with Gasteiger partial charge in [-0.15, -0.1) is 0 Å². The summed E-state index contributed by atoms with van der Waals surface area (Å²) >= 11 is 7.52. The number of carbonyl (C=O) groups is 1. The molecule has 0 fully saturated rings. The summed E-state index contributed by atoms with van der Waals surface area (Å²) in [7, 11) is 1.59. The Hall–Kier alpha value is -3.29. The molecule has 5 nitrogen and oxygen atoms in total. The molecule has 1 amide bonds. The highest BCUT2D eigenvalue weighted by molar-refractivity contribution is 7.99. The minimum Gasteiger partial charge on any atom is -0.495 e. The Labute approximate surface area is 194 Å². The minimum atomic E-state index is -0.358. The number of halogens is 2. The van der Waals surface area contributed by atoms with Crippen LogP contribution in [0, 0.1) is 5.82 Å². The molecule has 0 saturated heterocycles. The predicted octanol–water partition coefficient (Wildman–Crippen LogP) is 6.07. The van der Waals surface area contributed by atoms with Gasteiger partial charge in [-0.3, -0.25) is 9.36 Å². The molecular weight excluding hydrogens is 449 g/mol. The molecule has 8 heteroatoms. The van der Waals surface area contributed by atoms with E-state index in [0.29, 0.717) is 21.6 Å². The molecule has 4 aromatic rings. The Morgan fingerprint density at radius 2 is 1.88 bits per heavy atom. The quantitative estimate of drug-likeness (QED) is 0.335. The van der Waals surface area contributed by atoms with E-state index in [1.807, 2.05) is 41.1 Å². The van der Waals surface area contributed by atoms with Gasteiger partial charge in [0.2, 0.25) is 5.91 Å². The molecule has 0 aliphatic heterocycles. The fraction of sp³-hybridized carbons (Fsp3) is 0.0833. The molecule has 4 rings (SSSR count). The van der Waals surface area contributed by atoms with Crippen molar-refractivity contribution in [3.05, 3.63) is 89.8 Å². The first-order chi connectivity index (χ1) is 15.5. The van der Waals surface area contributed by atoms with Crippen molar-refractivity contribution in [3.63, 3.8) is 0 Å². The number of nitrogens with one attached hydrogen (secondary N) is 1. The number of amides is 1. The zero-order chi connectivity index (χ0) is 22.5. The average molecular weight is 468 g/mol. The fourth-order valence-corrected chi connectivity index (χ4v) is 4.05. The molecule has 0 unspecified atom stereocenters. The van der Waals surface area contributed by atoms with Crippen LogP contribution in [0.1, 0.15) is 0 Å². The Morgan fingerprint density at radius 1 is 1.12 bits per heavy atom. The second kappa shape index (κ2) is 9.89. The number of hydrogen-bond acceptors (Lipinski definition) is 4. The highest BCUT2D eigenvalue weighted by Gasteiger charge is 2.17. The van der Waals surface area contributed by atoms with Gasteiger partial charge < -0.3 is 10.1 Å². The third-order valence-electron chi connectivity index (χ3n) is 4.60. The maximum atomic E-state index is 13.1. The lowest BCUT2D eigenvalue weighted by atomic mass is 10.2. The van der Waals surface area contributed by atoms with E-state index in [1.165, 1.54) is 36.0 Å². The van der Waals surface area contributed by atoms with Crippen molar-refractivity contribution in [1.82, 2.24) is 9.55 Å². The van der Waals surface area contributed by atoms with E-state index >= 15 is 0 Å². The molecule has 0 saturated carbocycles. The van der Waals surface area contributed by atoms with Crippen LogP contribution in [0.3, 0.4) is 0 Å². The summed E-state index contributed by atoms with van der Waals surface area (Å²) in [5.41, 5.74) is 2.96. The van der Waals surface area contributed by atoms with Gasteiger partial charge in [0.05, 0.1) is 24.2 Å². The van der Waals surface area contributed by atoms with Crippen molar-refractivity contribution in [2.24, 2.45) is 0 Å². The van der Waals surface area contributed by atoms with Crippen LogP contribution in [0.4, 0.5) is 10.1 Å². The molecule has 162 valence electrons. The molecule has 1 aromatic heterocycles. The third kappa shape index (κ3) is 5.12. The third-order valence-corrected chi connectivity index (χ3v) is 5.79. The monoisotopic (exact) mass is 467 g/mol. The molecule has 0 atom stereocenters. The van der Waals surface area contributed by atoms with Crippen molar-refractivity contribution in [3.8, 4) is 22.7 Å². The van der Waals surface area contributed by atoms with Gasteiger partial charge in [-0.1, -0.05) is 53.7 Å². The van der Waals surface area contributed by atoms with E-state index in [9.17, 15) is 9.18 Å². The first-order valence-electron chi connectivity index (χ1n) is 9.70. The zero-order valence-corrected chi connectivity index (χ0v) is 18.7. The van der Waals surface area contributed by atoms with E-state index in [4.69, 9.17) is 21.3 Å².